The third kappa shape index (κ3) is 7.20. The van der Waals surface area contributed by atoms with Crippen LogP contribution in [0.1, 0.15) is 23.7 Å². The number of nitrogens with zero attached hydrogens (tertiary/aromatic N) is 1. The number of carbonyl (C=O) groups excluding carboxylic acids is 1. The summed E-state index contributed by atoms with van der Waals surface area (Å²) in [5, 5.41) is 3.33. The van der Waals surface area contributed by atoms with Crippen LogP contribution in [0.5, 0.6) is 11.5 Å². The van der Waals surface area contributed by atoms with Gasteiger partial charge in [0.2, 0.25) is 0 Å². The molecule has 0 aliphatic carbocycles. The number of methoxy groups -OCH3 is 2. The maximum absolute atomic E-state index is 13.2. The van der Waals surface area contributed by atoms with Gasteiger partial charge >= 0.3 is 0 Å². The molecule has 192 valence electrons. The summed E-state index contributed by atoms with van der Waals surface area (Å²) < 4.78 is 35.8. The number of anilines is 1. The molecule has 35 heavy (non-hydrogen) atoms. The first-order valence-electron chi connectivity index (χ1n) is 11.5. The third-order valence-electron chi connectivity index (χ3n) is 5.92. The normalized spacial score (nSPS) is 20.4. The van der Waals surface area contributed by atoms with Gasteiger partial charge in [0.05, 0.1) is 48.2 Å². The first-order chi connectivity index (χ1) is 16.9. The lowest BCUT2D eigenvalue weighted by molar-refractivity contribution is -0.0811. The van der Waals surface area contributed by atoms with E-state index in [1.165, 1.54) is 31.4 Å². The van der Waals surface area contributed by atoms with Gasteiger partial charge in [0.1, 0.15) is 17.3 Å². The zero-order chi connectivity index (χ0) is 25.4. The van der Waals surface area contributed by atoms with Crippen LogP contribution in [0.2, 0.25) is 5.02 Å². The van der Waals surface area contributed by atoms with Crippen LogP contribution in [0.3, 0.4) is 0 Å². The van der Waals surface area contributed by atoms with E-state index in [1.54, 1.807) is 19.2 Å². The van der Waals surface area contributed by atoms with Crippen molar-refractivity contribution in [1.82, 2.24) is 10.2 Å². The summed E-state index contributed by atoms with van der Waals surface area (Å²) in [6, 6.07) is 8.62. The average Bonchev–Trinajstić information content (AvgIpc) is 2.85. The highest BCUT2D eigenvalue weighted by Gasteiger charge is 2.39. The standard InChI is InChI=1S/C25H33ClFN3O5/c1-4-34-23-15-30(10-5-11-35-17-8-6-16(27)7-9-17)14-22(33-3)24(23)29-25(31)18-12-19(26)20(28)13-21(18)32-2/h6-9,12-13,22-24H,4-5,10-11,14-15,28H2,1-3H3,(H,29,31). The Kier molecular flexibility index (Phi) is 9.97. The highest BCUT2D eigenvalue weighted by atomic mass is 35.5. The fourth-order valence-electron chi connectivity index (χ4n) is 4.16. The number of nitrogens with one attached hydrogen (secondary N) is 1. The molecule has 3 unspecified atom stereocenters. The number of rotatable bonds is 11. The Morgan fingerprint density at radius 1 is 1.20 bits per heavy atom. The molecule has 1 aliphatic heterocycles. The van der Waals surface area contributed by atoms with Crippen molar-refractivity contribution < 1.29 is 28.1 Å². The second kappa shape index (κ2) is 12.9. The van der Waals surface area contributed by atoms with E-state index in [1.807, 2.05) is 6.92 Å². The van der Waals surface area contributed by atoms with E-state index in [4.69, 9.17) is 36.3 Å². The first-order valence-corrected chi connectivity index (χ1v) is 11.9. The van der Waals surface area contributed by atoms with Crippen LogP contribution in [0.4, 0.5) is 10.1 Å². The van der Waals surface area contributed by atoms with Crippen molar-refractivity contribution in [3.8, 4) is 11.5 Å². The molecular formula is C25H33ClFN3O5. The Labute approximate surface area is 210 Å². The summed E-state index contributed by atoms with van der Waals surface area (Å²) in [6.07, 6.45) is 0.193. The number of carbonyl (C=O) groups is 1. The van der Waals surface area contributed by atoms with Crippen molar-refractivity contribution in [2.75, 3.05) is 52.8 Å². The first kappa shape index (κ1) is 27.0. The Balaban J connectivity index is 1.62. The smallest absolute Gasteiger partial charge is 0.255 e. The van der Waals surface area contributed by atoms with E-state index in [0.29, 0.717) is 43.5 Å². The van der Waals surface area contributed by atoms with Crippen molar-refractivity contribution in [3.63, 3.8) is 0 Å². The quantitative estimate of drug-likeness (QED) is 0.354. The largest absolute Gasteiger partial charge is 0.496 e. The van der Waals surface area contributed by atoms with Crippen molar-refractivity contribution >= 4 is 23.2 Å². The van der Waals surface area contributed by atoms with Crippen LogP contribution in [-0.4, -0.2) is 76.1 Å². The summed E-state index contributed by atoms with van der Waals surface area (Å²) >= 11 is 6.15. The van der Waals surface area contributed by atoms with Gasteiger partial charge in [-0.3, -0.25) is 9.69 Å². The molecule has 3 atom stereocenters. The van der Waals surface area contributed by atoms with E-state index in [0.717, 1.165) is 13.0 Å². The van der Waals surface area contributed by atoms with Crippen LogP contribution in [0.25, 0.3) is 0 Å². The van der Waals surface area contributed by atoms with Gasteiger partial charge in [-0.1, -0.05) is 11.6 Å². The van der Waals surface area contributed by atoms with Gasteiger partial charge in [-0.25, -0.2) is 4.39 Å². The molecule has 0 bridgehead atoms. The fourth-order valence-corrected chi connectivity index (χ4v) is 4.33. The Morgan fingerprint density at radius 2 is 1.91 bits per heavy atom. The van der Waals surface area contributed by atoms with Crippen LogP contribution < -0.4 is 20.5 Å². The average molecular weight is 510 g/mol. The van der Waals surface area contributed by atoms with Gasteiger partial charge in [-0.2, -0.15) is 0 Å². The Hall–Kier alpha value is -2.59. The lowest BCUT2D eigenvalue weighted by Crippen LogP contribution is -2.63. The Bertz CT molecular complexity index is 978. The molecule has 1 saturated heterocycles. The number of hydrogen-bond acceptors (Lipinski definition) is 7. The summed E-state index contributed by atoms with van der Waals surface area (Å²) in [5.74, 6) is 0.331. The van der Waals surface area contributed by atoms with E-state index in [-0.39, 0.29) is 40.6 Å². The number of likely N-dealkylation sites (tertiary alicyclic amines) is 1. The molecule has 3 N–H and O–H groups in total. The van der Waals surface area contributed by atoms with Gasteiger partial charge in [0.25, 0.3) is 5.91 Å². The third-order valence-corrected chi connectivity index (χ3v) is 6.25. The number of halogens is 2. The lowest BCUT2D eigenvalue weighted by atomic mass is 9.97. The maximum atomic E-state index is 13.2. The predicted molar refractivity (Wildman–Crippen MR) is 133 cm³/mol. The van der Waals surface area contributed by atoms with E-state index in [9.17, 15) is 9.18 Å². The van der Waals surface area contributed by atoms with Crippen molar-refractivity contribution in [1.29, 1.82) is 0 Å². The van der Waals surface area contributed by atoms with Gasteiger partial charge in [-0.15, -0.1) is 0 Å². The van der Waals surface area contributed by atoms with Crippen molar-refractivity contribution in [3.05, 3.63) is 52.8 Å². The molecule has 0 radical (unpaired) electrons. The number of ether oxygens (including phenoxy) is 4. The van der Waals surface area contributed by atoms with Crippen LogP contribution in [0, 0.1) is 5.82 Å². The molecule has 2 aromatic carbocycles. The molecular weight excluding hydrogens is 477 g/mol. The molecule has 1 aliphatic rings. The zero-order valence-electron chi connectivity index (χ0n) is 20.3. The van der Waals surface area contributed by atoms with Gasteiger partial charge in [0.15, 0.2) is 0 Å². The van der Waals surface area contributed by atoms with E-state index < -0.39 is 0 Å². The molecule has 1 fully saturated rings. The van der Waals surface area contributed by atoms with Gasteiger partial charge in [-0.05, 0) is 43.7 Å². The Morgan fingerprint density at radius 3 is 2.57 bits per heavy atom. The summed E-state index contributed by atoms with van der Waals surface area (Å²) in [6.45, 7) is 4.89. The minimum absolute atomic E-state index is 0.276. The maximum Gasteiger partial charge on any atom is 0.255 e. The number of nitrogen functional groups attached to an aromatic ring is 1. The minimum atomic E-state index is -0.375. The highest BCUT2D eigenvalue weighted by Crippen LogP contribution is 2.29. The zero-order valence-corrected chi connectivity index (χ0v) is 21.0. The summed E-state index contributed by atoms with van der Waals surface area (Å²) in [4.78, 5) is 15.4. The van der Waals surface area contributed by atoms with Crippen molar-refractivity contribution in [2.45, 2.75) is 31.6 Å². The fraction of sp³-hybridized carbons (Fsp3) is 0.480. The number of piperidine rings is 1. The SMILES string of the molecule is CCOC1CN(CCCOc2ccc(F)cc2)CC(OC)C1NC(=O)c1cc(Cl)c(N)cc1OC. The molecule has 0 aromatic heterocycles. The second-order valence-electron chi connectivity index (χ2n) is 8.26. The topological polar surface area (TPSA) is 95.3 Å². The highest BCUT2D eigenvalue weighted by molar-refractivity contribution is 6.33. The molecule has 1 heterocycles. The molecule has 3 rings (SSSR count). The number of amides is 1. The molecule has 0 spiro atoms. The van der Waals surface area contributed by atoms with Crippen molar-refractivity contribution in [2.24, 2.45) is 0 Å². The molecule has 2 aromatic rings. The molecule has 8 nitrogen and oxygen atoms in total. The predicted octanol–water partition coefficient (Wildman–Crippen LogP) is 3.37. The number of benzene rings is 2. The summed E-state index contributed by atoms with van der Waals surface area (Å²) in [7, 11) is 3.09. The number of hydrogen-bond donors (Lipinski definition) is 2. The van der Waals surface area contributed by atoms with Gasteiger partial charge < -0.3 is 30.0 Å². The molecule has 0 saturated carbocycles. The molecule has 10 heteroatoms. The van der Waals surface area contributed by atoms with Crippen LogP contribution >= 0.6 is 11.6 Å². The van der Waals surface area contributed by atoms with E-state index >= 15 is 0 Å². The second-order valence-corrected chi connectivity index (χ2v) is 8.66. The minimum Gasteiger partial charge on any atom is -0.496 e. The van der Waals surface area contributed by atoms with Crippen LogP contribution in [-0.2, 0) is 9.47 Å². The van der Waals surface area contributed by atoms with Crippen LogP contribution in [0.15, 0.2) is 36.4 Å². The lowest BCUT2D eigenvalue weighted by Gasteiger charge is -2.43. The van der Waals surface area contributed by atoms with E-state index in [2.05, 4.69) is 10.2 Å². The number of nitrogens with two attached hydrogens (primary N) is 1. The monoisotopic (exact) mass is 509 g/mol. The van der Waals surface area contributed by atoms with Gasteiger partial charge in [0, 0.05) is 39.4 Å². The summed E-state index contributed by atoms with van der Waals surface area (Å²) in [5.41, 5.74) is 6.47. The molecule has 1 amide bonds.